The molecule has 0 radical (unpaired) electrons. The molecule has 0 spiro atoms. The average molecular weight is 485 g/mol. The van der Waals surface area contributed by atoms with Gasteiger partial charge in [0.1, 0.15) is 5.69 Å². The molecule has 1 aromatic carbocycles. The van der Waals surface area contributed by atoms with Gasteiger partial charge in [0.2, 0.25) is 5.95 Å². The van der Waals surface area contributed by atoms with Crippen LogP contribution < -0.4 is 4.90 Å². The standard InChI is InChI=1S/C22H24F5N5O2/c1-10(2)15-7-11(5-6-34-15)31(3)21-28-9-13-18(30-32(4)20(13)29-21)12-8-14(22(25,26)27)17(24)19(33)16(12)23/h8-11,15,33H,5-7H2,1-4H3/t11-,15+/m0/s1. The Hall–Kier alpha value is -3.02. The highest BCUT2D eigenvalue weighted by Crippen LogP contribution is 2.41. The zero-order valence-corrected chi connectivity index (χ0v) is 19.0. The summed E-state index contributed by atoms with van der Waals surface area (Å²) in [6.07, 6.45) is -2.14. The van der Waals surface area contributed by atoms with E-state index in [-0.39, 0.29) is 28.9 Å². The lowest BCUT2D eigenvalue weighted by Crippen LogP contribution is -2.42. The molecule has 2 atom stereocenters. The zero-order chi connectivity index (χ0) is 24.9. The summed E-state index contributed by atoms with van der Waals surface area (Å²) < 4.78 is 75.3. The summed E-state index contributed by atoms with van der Waals surface area (Å²) in [5, 5.41) is 13.9. The second kappa shape index (κ2) is 8.64. The van der Waals surface area contributed by atoms with Crippen LogP contribution >= 0.6 is 0 Å². The number of anilines is 1. The summed E-state index contributed by atoms with van der Waals surface area (Å²) >= 11 is 0. The molecule has 4 rings (SSSR count). The van der Waals surface area contributed by atoms with Gasteiger partial charge in [-0.2, -0.15) is 23.3 Å². The monoisotopic (exact) mass is 485 g/mol. The summed E-state index contributed by atoms with van der Waals surface area (Å²) in [6.45, 7) is 4.78. The first kappa shape index (κ1) is 24.1. The average Bonchev–Trinajstić information content (AvgIpc) is 3.12. The molecule has 1 aliphatic rings. The number of alkyl halides is 3. The molecule has 7 nitrogen and oxygen atoms in total. The smallest absolute Gasteiger partial charge is 0.419 e. The molecule has 34 heavy (non-hydrogen) atoms. The fourth-order valence-electron chi connectivity index (χ4n) is 4.19. The van der Waals surface area contributed by atoms with Gasteiger partial charge in [-0.3, -0.25) is 0 Å². The van der Waals surface area contributed by atoms with E-state index in [2.05, 4.69) is 28.9 Å². The van der Waals surface area contributed by atoms with E-state index in [9.17, 15) is 27.1 Å². The van der Waals surface area contributed by atoms with Crippen molar-refractivity contribution in [3.63, 3.8) is 0 Å². The lowest BCUT2D eigenvalue weighted by molar-refractivity contribution is -0.140. The highest BCUT2D eigenvalue weighted by Gasteiger charge is 2.38. The predicted octanol–water partition coefficient (Wildman–Crippen LogP) is 4.67. The number of phenols is 1. The zero-order valence-electron chi connectivity index (χ0n) is 19.0. The Kier molecular flexibility index (Phi) is 6.13. The van der Waals surface area contributed by atoms with Gasteiger partial charge >= 0.3 is 6.18 Å². The minimum Gasteiger partial charge on any atom is -0.503 e. The first-order valence-electron chi connectivity index (χ1n) is 10.7. The molecule has 184 valence electrons. The van der Waals surface area contributed by atoms with Crippen LogP contribution in [-0.4, -0.2) is 50.7 Å². The lowest BCUT2D eigenvalue weighted by atomic mass is 9.95. The molecule has 1 aliphatic heterocycles. The van der Waals surface area contributed by atoms with Gasteiger partial charge in [0, 0.05) is 38.5 Å². The number of ether oxygens (including phenoxy) is 1. The minimum atomic E-state index is -5.14. The number of halogens is 5. The van der Waals surface area contributed by atoms with Gasteiger partial charge in [-0.25, -0.2) is 18.4 Å². The molecule has 2 aromatic heterocycles. The maximum atomic E-state index is 14.6. The van der Waals surface area contributed by atoms with Gasteiger partial charge in [-0.1, -0.05) is 13.8 Å². The van der Waals surface area contributed by atoms with E-state index in [1.807, 2.05) is 11.9 Å². The molecule has 1 N–H and O–H groups in total. The molecule has 0 amide bonds. The van der Waals surface area contributed by atoms with Gasteiger partial charge in [-0.05, 0) is 24.8 Å². The SMILES string of the molecule is CC(C)[C@H]1C[C@@H](N(C)c2ncc3c(-c4cc(C(F)(F)F)c(F)c(O)c4F)nn(C)c3n2)CCO1. The Labute approximate surface area is 192 Å². The van der Waals surface area contributed by atoms with E-state index < -0.39 is 34.7 Å². The van der Waals surface area contributed by atoms with Gasteiger partial charge in [0.15, 0.2) is 23.0 Å². The number of nitrogens with zero attached hydrogens (tertiary/aromatic N) is 5. The number of benzene rings is 1. The molecule has 12 heteroatoms. The molecule has 3 heterocycles. The van der Waals surface area contributed by atoms with Crippen LogP contribution in [0.2, 0.25) is 0 Å². The van der Waals surface area contributed by atoms with Crippen molar-refractivity contribution < 1.29 is 31.8 Å². The van der Waals surface area contributed by atoms with E-state index >= 15 is 0 Å². The largest absolute Gasteiger partial charge is 0.503 e. The molecular weight excluding hydrogens is 461 g/mol. The van der Waals surface area contributed by atoms with Crippen molar-refractivity contribution in [1.82, 2.24) is 19.7 Å². The molecule has 0 bridgehead atoms. The lowest BCUT2D eigenvalue weighted by Gasteiger charge is -2.37. The molecule has 0 aliphatic carbocycles. The molecule has 1 saturated heterocycles. The van der Waals surface area contributed by atoms with Crippen LogP contribution in [0, 0.1) is 17.6 Å². The minimum absolute atomic E-state index is 0.102. The van der Waals surface area contributed by atoms with Crippen LogP contribution in [0.5, 0.6) is 5.75 Å². The van der Waals surface area contributed by atoms with Gasteiger partial charge in [0.25, 0.3) is 0 Å². The van der Waals surface area contributed by atoms with Crippen molar-refractivity contribution in [3.05, 3.63) is 29.5 Å². The van der Waals surface area contributed by atoms with Crippen LogP contribution in [-0.2, 0) is 18.0 Å². The number of phenolic OH excluding ortho intramolecular Hbond substituents is 1. The van der Waals surface area contributed by atoms with Crippen molar-refractivity contribution in [1.29, 1.82) is 0 Å². The molecule has 0 unspecified atom stereocenters. The fourth-order valence-corrected chi connectivity index (χ4v) is 4.19. The van der Waals surface area contributed by atoms with E-state index in [4.69, 9.17) is 4.74 Å². The maximum Gasteiger partial charge on any atom is 0.419 e. The van der Waals surface area contributed by atoms with Crippen molar-refractivity contribution in [3.8, 4) is 17.0 Å². The van der Waals surface area contributed by atoms with Gasteiger partial charge < -0.3 is 14.7 Å². The van der Waals surface area contributed by atoms with E-state index in [0.717, 1.165) is 12.8 Å². The second-order valence-corrected chi connectivity index (χ2v) is 8.77. The first-order valence-corrected chi connectivity index (χ1v) is 10.7. The Balaban J connectivity index is 1.76. The summed E-state index contributed by atoms with van der Waals surface area (Å²) in [5.41, 5.74) is -2.49. The number of fused-ring (bicyclic) bond motifs is 1. The molecule has 0 saturated carbocycles. The summed E-state index contributed by atoms with van der Waals surface area (Å²) in [5.74, 6) is -4.63. The number of aryl methyl sites for hydroxylation is 1. The molecule has 1 fully saturated rings. The Morgan fingerprint density at radius 1 is 1.24 bits per heavy atom. The number of hydrogen-bond acceptors (Lipinski definition) is 6. The highest BCUT2D eigenvalue weighted by atomic mass is 19.4. The van der Waals surface area contributed by atoms with Gasteiger partial charge in [0.05, 0.1) is 17.1 Å². The third kappa shape index (κ3) is 4.15. The van der Waals surface area contributed by atoms with Crippen LogP contribution in [0.1, 0.15) is 32.3 Å². The van der Waals surface area contributed by atoms with Crippen LogP contribution in [0.3, 0.4) is 0 Å². The molecule has 3 aromatic rings. The summed E-state index contributed by atoms with van der Waals surface area (Å²) in [6, 6.07) is 0.410. The normalized spacial score (nSPS) is 19.2. The Morgan fingerprint density at radius 2 is 1.94 bits per heavy atom. The topological polar surface area (TPSA) is 76.3 Å². The predicted molar refractivity (Wildman–Crippen MR) is 114 cm³/mol. The fraction of sp³-hybridized carbons (Fsp3) is 0.500. The maximum absolute atomic E-state index is 14.6. The Bertz CT molecular complexity index is 1230. The second-order valence-electron chi connectivity index (χ2n) is 8.77. The van der Waals surface area contributed by atoms with E-state index in [1.54, 1.807) is 0 Å². The third-order valence-corrected chi connectivity index (χ3v) is 6.20. The number of rotatable bonds is 4. The van der Waals surface area contributed by atoms with Gasteiger partial charge in [-0.15, -0.1) is 0 Å². The van der Waals surface area contributed by atoms with E-state index in [0.29, 0.717) is 24.5 Å². The number of hydrogen-bond donors (Lipinski definition) is 1. The van der Waals surface area contributed by atoms with Crippen LogP contribution in [0.25, 0.3) is 22.3 Å². The highest BCUT2D eigenvalue weighted by molar-refractivity contribution is 5.91. The van der Waals surface area contributed by atoms with Crippen molar-refractivity contribution in [2.24, 2.45) is 13.0 Å². The molecular formula is C22H24F5N5O2. The quantitative estimate of drug-likeness (QED) is 0.542. The number of aromatic nitrogens is 4. The van der Waals surface area contributed by atoms with Crippen molar-refractivity contribution >= 4 is 17.0 Å². The van der Waals surface area contributed by atoms with Crippen molar-refractivity contribution in [2.75, 3.05) is 18.6 Å². The Morgan fingerprint density at radius 3 is 2.59 bits per heavy atom. The van der Waals surface area contributed by atoms with Crippen LogP contribution in [0.15, 0.2) is 12.3 Å². The first-order chi connectivity index (χ1) is 15.9. The number of aromatic hydroxyl groups is 1. The van der Waals surface area contributed by atoms with E-state index in [1.165, 1.54) is 17.9 Å². The third-order valence-electron chi connectivity index (χ3n) is 6.20. The van der Waals surface area contributed by atoms with Crippen molar-refractivity contribution in [2.45, 2.75) is 45.0 Å². The summed E-state index contributed by atoms with van der Waals surface area (Å²) in [7, 11) is 3.34. The van der Waals surface area contributed by atoms with Crippen LogP contribution in [0.4, 0.5) is 27.9 Å². The summed E-state index contributed by atoms with van der Waals surface area (Å²) in [4.78, 5) is 10.7.